The summed E-state index contributed by atoms with van der Waals surface area (Å²) in [4.78, 5) is 10.8. The van der Waals surface area contributed by atoms with Crippen molar-refractivity contribution in [2.24, 2.45) is 7.05 Å². The number of ether oxygens (including phenoxy) is 2. The van der Waals surface area contributed by atoms with Crippen LogP contribution in [-0.4, -0.2) is 67.2 Å². The monoisotopic (exact) mass is 332 g/mol. The second kappa shape index (κ2) is 6.62. The lowest BCUT2D eigenvalue weighted by molar-refractivity contribution is -0.0906. The van der Waals surface area contributed by atoms with Crippen LogP contribution >= 0.6 is 0 Å². The van der Waals surface area contributed by atoms with Crippen molar-refractivity contribution in [3.63, 3.8) is 0 Å². The Bertz CT molecular complexity index is 657. The summed E-state index contributed by atoms with van der Waals surface area (Å²) in [5.74, 6) is 1.07. The van der Waals surface area contributed by atoms with Crippen molar-refractivity contribution >= 4 is 0 Å². The first kappa shape index (κ1) is 15.7. The average Bonchev–Trinajstić information content (AvgIpc) is 3.26. The molecule has 24 heavy (non-hydrogen) atoms. The van der Waals surface area contributed by atoms with E-state index in [0.717, 1.165) is 51.5 Å². The van der Waals surface area contributed by atoms with Crippen LogP contribution < -0.4 is 0 Å². The topological polar surface area (TPSA) is 70.2 Å². The lowest BCUT2D eigenvalue weighted by atomic mass is 10.00. The Labute approximate surface area is 141 Å². The SMILES string of the molecule is Cn1ccnc1CN1CCOCC2(CCC(Cn3cncn3)O2)C1. The minimum atomic E-state index is -0.215. The molecule has 0 N–H and O–H groups in total. The van der Waals surface area contributed by atoms with E-state index in [-0.39, 0.29) is 11.7 Å². The van der Waals surface area contributed by atoms with Gasteiger partial charge in [0, 0.05) is 32.5 Å². The molecule has 8 heteroatoms. The van der Waals surface area contributed by atoms with Crippen LogP contribution in [0.3, 0.4) is 0 Å². The maximum Gasteiger partial charge on any atom is 0.137 e. The molecule has 2 atom stereocenters. The molecule has 2 aromatic heterocycles. The fraction of sp³-hybridized carbons (Fsp3) is 0.688. The zero-order valence-corrected chi connectivity index (χ0v) is 14.0. The zero-order valence-electron chi connectivity index (χ0n) is 14.0. The molecule has 4 heterocycles. The van der Waals surface area contributed by atoms with Crippen molar-refractivity contribution in [1.29, 1.82) is 0 Å². The van der Waals surface area contributed by atoms with Gasteiger partial charge in [-0.3, -0.25) is 9.58 Å². The number of rotatable bonds is 4. The molecule has 2 unspecified atom stereocenters. The van der Waals surface area contributed by atoms with E-state index in [9.17, 15) is 0 Å². The summed E-state index contributed by atoms with van der Waals surface area (Å²) in [5.41, 5.74) is -0.215. The first-order chi connectivity index (χ1) is 11.7. The number of nitrogens with zero attached hydrogens (tertiary/aromatic N) is 6. The van der Waals surface area contributed by atoms with Gasteiger partial charge < -0.3 is 14.0 Å². The Morgan fingerprint density at radius 3 is 3.17 bits per heavy atom. The van der Waals surface area contributed by atoms with Gasteiger partial charge in [0.25, 0.3) is 0 Å². The van der Waals surface area contributed by atoms with Gasteiger partial charge in [-0.25, -0.2) is 9.97 Å². The van der Waals surface area contributed by atoms with E-state index in [2.05, 4.69) is 24.5 Å². The van der Waals surface area contributed by atoms with Crippen LogP contribution in [0.4, 0.5) is 0 Å². The second-order valence-electron chi connectivity index (χ2n) is 6.80. The Hall–Kier alpha value is -1.77. The minimum absolute atomic E-state index is 0.170. The Balaban J connectivity index is 1.41. The second-order valence-corrected chi connectivity index (χ2v) is 6.80. The lowest BCUT2D eigenvalue weighted by Gasteiger charge is -2.31. The Morgan fingerprint density at radius 2 is 2.38 bits per heavy atom. The molecule has 0 radical (unpaired) electrons. The molecule has 2 aliphatic rings. The summed E-state index contributed by atoms with van der Waals surface area (Å²) in [7, 11) is 2.03. The molecule has 8 nitrogen and oxygen atoms in total. The van der Waals surface area contributed by atoms with Crippen molar-refractivity contribution in [3.8, 4) is 0 Å². The maximum absolute atomic E-state index is 6.44. The average molecular weight is 332 g/mol. The smallest absolute Gasteiger partial charge is 0.137 e. The van der Waals surface area contributed by atoms with Crippen LogP contribution in [0.2, 0.25) is 0 Å². The third kappa shape index (κ3) is 3.35. The van der Waals surface area contributed by atoms with Gasteiger partial charge >= 0.3 is 0 Å². The quantitative estimate of drug-likeness (QED) is 0.810. The van der Waals surface area contributed by atoms with Crippen molar-refractivity contribution in [2.75, 3.05) is 26.3 Å². The predicted molar refractivity (Wildman–Crippen MR) is 86.2 cm³/mol. The van der Waals surface area contributed by atoms with Crippen LogP contribution in [0.5, 0.6) is 0 Å². The first-order valence-electron chi connectivity index (χ1n) is 8.49. The molecule has 0 bridgehead atoms. The molecule has 1 spiro atoms. The molecule has 2 aromatic rings. The van der Waals surface area contributed by atoms with Crippen molar-refractivity contribution in [1.82, 2.24) is 29.2 Å². The summed E-state index contributed by atoms with van der Waals surface area (Å²) in [6.45, 7) is 4.77. The van der Waals surface area contributed by atoms with Crippen LogP contribution in [0.1, 0.15) is 18.7 Å². The molecule has 2 aliphatic heterocycles. The highest BCUT2D eigenvalue weighted by Crippen LogP contribution is 2.33. The van der Waals surface area contributed by atoms with Gasteiger partial charge in [0.1, 0.15) is 24.1 Å². The summed E-state index contributed by atoms with van der Waals surface area (Å²) >= 11 is 0. The highest BCUT2D eigenvalue weighted by atomic mass is 16.6. The Kier molecular flexibility index (Phi) is 4.34. The van der Waals surface area contributed by atoms with E-state index in [4.69, 9.17) is 9.47 Å². The normalized spacial score (nSPS) is 28.5. The first-order valence-corrected chi connectivity index (χ1v) is 8.49. The van der Waals surface area contributed by atoms with Crippen molar-refractivity contribution in [2.45, 2.75) is 37.6 Å². The van der Waals surface area contributed by atoms with E-state index in [0.29, 0.717) is 6.61 Å². The Morgan fingerprint density at radius 1 is 1.42 bits per heavy atom. The lowest BCUT2D eigenvalue weighted by Crippen LogP contribution is -2.44. The highest BCUT2D eigenvalue weighted by molar-refractivity contribution is 4.96. The van der Waals surface area contributed by atoms with E-state index >= 15 is 0 Å². The van der Waals surface area contributed by atoms with Crippen molar-refractivity contribution in [3.05, 3.63) is 30.9 Å². The molecule has 0 amide bonds. The summed E-state index contributed by atoms with van der Waals surface area (Å²) in [5, 5.41) is 4.18. The van der Waals surface area contributed by atoms with E-state index in [1.54, 1.807) is 12.7 Å². The van der Waals surface area contributed by atoms with Gasteiger partial charge in [-0.15, -0.1) is 0 Å². The number of aryl methyl sites for hydroxylation is 1. The van der Waals surface area contributed by atoms with Crippen LogP contribution in [-0.2, 0) is 29.6 Å². The van der Waals surface area contributed by atoms with Crippen LogP contribution in [0, 0.1) is 0 Å². The molecule has 4 rings (SSSR count). The van der Waals surface area contributed by atoms with Gasteiger partial charge in [0.15, 0.2) is 0 Å². The van der Waals surface area contributed by atoms with Crippen molar-refractivity contribution < 1.29 is 9.47 Å². The van der Waals surface area contributed by atoms with E-state index in [1.165, 1.54) is 0 Å². The standard InChI is InChI=1S/C16H24N6O2/c1-20-5-4-18-15(20)9-21-6-7-23-11-16(10-21)3-2-14(24-16)8-22-13-17-12-19-22/h4-5,12-14H,2-3,6-11H2,1H3. The third-order valence-electron chi connectivity index (χ3n) is 4.91. The van der Waals surface area contributed by atoms with E-state index < -0.39 is 0 Å². The fourth-order valence-electron chi connectivity index (χ4n) is 3.65. The molecule has 130 valence electrons. The predicted octanol–water partition coefficient (Wildman–Crippen LogP) is 0.462. The highest BCUT2D eigenvalue weighted by Gasteiger charge is 2.43. The largest absolute Gasteiger partial charge is 0.377 e. The number of imidazole rings is 1. The molecule has 0 aliphatic carbocycles. The van der Waals surface area contributed by atoms with Gasteiger partial charge in [-0.2, -0.15) is 5.10 Å². The third-order valence-corrected chi connectivity index (χ3v) is 4.91. The van der Waals surface area contributed by atoms with Crippen LogP contribution in [0.25, 0.3) is 0 Å². The molecule has 0 saturated carbocycles. The van der Waals surface area contributed by atoms with Gasteiger partial charge in [-0.1, -0.05) is 0 Å². The summed E-state index contributed by atoms with van der Waals surface area (Å²) < 4.78 is 16.2. The minimum Gasteiger partial charge on any atom is -0.377 e. The summed E-state index contributed by atoms with van der Waals surface area (Å²) in [6, 6.07) is 0. The molecule has 0 aromatic carbocycles. The molecular formula is C16H24N6O2. The molecular weight excluding hydrogens is 308 g/mol. The van der Waals surface area contributed by atoms with Gasteiger partial charge in [0.2, 0.25) is 0 Å². The molecule has 2 saturated heterocycles. The maximum atomic E-state index is 6.44. The fourth-order valence-corrected chi connectivity index (χ4v) is 3.65. The van der Waals surface area contributed by atoms with Crippen LogP contribution in [0.15, 0.2) is 25.0 Å². The van der Waals surface area contributed by atoms with Gasteiger partial charge in [-0.05, 0) is 12.8 Å². The summed E-state index contributed by atoms with van der Waals surface area (Å²) in [6.07, 6.45) is 9.35. The zero-order chi connectivity index (χ0) is 16.4. The number of hydrogen-bond acceptors (Lipinski definition) is 6. The number of aromatic nitrogens is 5. The molecule has 2 fully saturated rings. The van der Waals surface area contributed by atoms with Gasteiger partial charge in [0.05, 0.1) is 32.4 Å². The van der Waals surface area contributed by atoms with E-state index in [1.807, 2.05) is 24.1 Å². The number of hydrogen-bond donors (Lipinski definition) is 0.